The van der Waals surface area contributed by atoms with Gasteiger partial charge in [0.1, 0.15) is 22.5 Å². The van der Waals surface area contributed by atoms with E-state index in [9.17, 15) is 14.0 Å². The summed E-state index contributed by atoms with van der Waals surface area (Å²) in [6, 6.07) is 13.7. The Kier molecular flexibility index (Phi) is 5.16. The molecule has 2 heterocycles. The number of para-hydroxylation sites is 2. The van der Waals surface area contributed by atoms with Gasteiger partial charge in [-0.05, 0) is 29.8 Å². The first kappa shape index (κ1) is 19.3. The van der Waals surface area contributed by atoms with Crippen molar-refractivity contribution in [2.75, 3.05) is 6.54 Å². The zero-order chi connectivity index (χ0) is 20.5. The first-order chi connectivity index (χ1) is 13.9. The SMILES string of the molecule is O=C(O)CN1C(=O)/C(=C/c2nc3ccccc3n2Cc2ccc(F)cc2)SC1=S. The van der Waals surface area contributed by atoms with Gasteiger partial charge in [0, 0.05) is 12.6 Å². The third-order valence-electron chi connectivity index (χ3n) is 4.37. The molecular weight excluding hydrogens is 413 g/mol. The van der Waals surface area contributed by atoms with E-state index in [1.165, 1.54) is 12.1 Å². The van der Waals surface area contributed by atoms with Crippen LogP contribution in [-0.2, 0) is 16.1 Å². The molecule has 2 aromatic carbocycles. The normalized spacial score (nSPS) is 15.6. The van der Waals surface area contributed by atoms with Crippen molar-refractivity contribution in [2.24, 2.45) is 0 Å². The van der Waals surface area contributed by atoms with E-state index in [1.807, 2.05) is 28.8 Å². The van der Waals surface area contributed by atoms with E-state index in [0.29, 0.717) is 17.3 Å². The van der Waals surface area contributed by atoms with Gasteiger partial charge in [0.2, 0.25) is 0 Å². The molecule has 0 atom stereocenters. The summed E-state index contributed by atoms with van der Waals surface area (Å²) in [7, 11) is 0. The van der Waals surface area contributed by atoms with Crippen LogP contribution in [0.1, 0.15) is 11.4 Å². The van der Waals surface area contributed by atoms with E-state index in [2.05, 4.69) is 4.98 Å². The zero-order valence-electron chi connectivity index (χ0n) is 14.9. The highest BCUT2D eigenvalue weighted by atomic mass is 32.2. The number of rotatable bonds is 5. The Bertz CT molecular complexity index is 1170. The van der Waals surface area contributed by atoms with Crippen molar-refractivity contribution in [3.8, 4) is 0 Å². The minimum atomic E-state index is -1.13. The van der Waals surface area contributed by atoms with Crippen LogP contribution in [0.2, 0.25) is 0 Å². The van der Waals surface area contributed by atoms with Gasteiger partial charge in [0.25, 0.3) is 5.91 Å². The van der Waals surface area contributed by atoms with Gasteiger partial charge in [0.05, 0.1) is 15.9 Å². The monoisotopic (exact) mass is 427 g/mol. The number of fused-ring (bicyclic) bond motifs is 1. The van der Waals surface area contributed by atoms with Gasteiger partial charge in [-0.25, -0.2) is 9.37 Å². The zero-order valence-corrected chi connectivity index (χ0v) is 16.5. The number of nitrogens with zero attached hydrogens (tertiary/aromatic N) is 3. The Morgan fingerprint density at radius 3 is 2.66 bits per heavy atom. The summed E-state index contributed by atoms with van der Waals surface area (Å²) in [5, 5.41) is 8.98. The molecule has 3 aromatic rings. The van der Waals surface area contributed by atoms with Crippen molar-refractivity contribution in [3.63, 3.8) is 0 Å². The number of carbonyl (C=O) groups is 2. The van der Waals surface area contributed by atoms with E-state index in [1.54, 1.807) is 18.2 Å². The fourth-order valence-corrected chi connectivity index (χ4v) is 4.26. The standard InChI is InChI=1S/C20H14FN3O3S2/c21-13-7-5-12(6-8-13)10-23-15-4-2-1-3-14(15)22-17(23)9-16-19(27)24(11-18(25)26)20(28)29-16/h1-9H,10-11H2,(H,25,26)/b16-9-. The second-order valence-corrected chi connectivity index (χ2v) is 8.01. The molecule has 9 heteroatoms. The largest absolute Gasteiger partial charge is 0.480 e. The van der Waals surface area contributed by atoms with Crippen LogP contribution in [0.4, 0.5) is 4.39 Å². The maximum absolute atomic E-state index is 13.2. The number of carboxylic acids is 1. The number of hydrogen-bond donors (Lipinski definition) is 1. The summed E-state index contributed by atoms with van der Waals surface area (Å²) in [6.07, 6.45) is 1.62. The molecule has 0 unspecified atom stereocenters. The van der Waals surface area contributed by atoms with Crippen LogP contribution in [0.5, 0.6) is 0 Å². The maximum Gasteiger partial charge on any atom is 0.323 e. The van der Waals surface area contributed by atoms with Crippen molar-refractivity contribution >= 4 is 57.3 Å². The molecule has 1 aliphatic rings. The number of carbonyl (C=O) groups excluding carboxylic acids is 1. The Morgan fingerprint density at radius 2 is 1.93 bits per heavy atom. The summed E-state index contributed by atoms with van der Waals surface area (Å²) in [5.41, 5.74) is 2.49. The molecule has 0 radical (unpaired) electrons. The number of thiocarbonyl (C=S) groups is 1. The minimum Gasteiger partial charge on any atom is -0.480 e. The Balaban J connectivity index is 1.75. The molecule has 1 amide bonds. The van der Waals surface area contributed by atoms with Crippen LogP contribution < -0.4 is 0 Å². The van der Waals surface area contributed by atoms with Crippen LogP contribution >= 0.6 is 24.0 Å². The molecule has 4 rings (SSSR count). The van der Waals surface area contributed by atoms with Gasteiger partial charge in [-0.15, -0.1) is 0 Å². The van der Waals surface area contributed by atoms with Crippen LogP contribution in [0.3, 0.4) is 0 Å². The molecule has 146 valence electrons. The number of halogens is 1. The number of carboxylic acid groups (broad SMARTS) is 1. The summed E-state index contributed by atoms with van der Waals surface area (Å²) >= 11 is 6.19. The molecule has 29 heavy (non-hydrogen) atoms. The van der Waals surface area contributed by atoms with E-state index in [0.717, 1.165) is 33.3 Å². The molecule has 6 nitrogen and oxygen atoms in total. The topological polar surface area (TPSA) is 75.4 Å². The molecule has 1 fully saturated rings. The second-order valence-electron chi connectivity index (χ2n) is 6.33. The van der Waals surface area contributed by atoms with Crippen LogP contribution in [0, 0.1) is 5.82 Å². The van der Waals surface area contributed by atoms with Crippen LogP contribution in [-0.4, -0.2) is 42.3 Å². The Morgan fingerprint density at radius 1 is 1.21 bits per heavy atom. The smallest absolute Gasteiger partial charge is 0.323 e. The molecule has 0 bridgehead atoms. The molecule has 0 aliphatic carbocycles. The average molecular weight is 427 g/mol. The van der Waals surface area contributed by atoms with E-state index in [4.69, 9.17) is 17.3 Å². The molecule has 1 N–H and O–H groups in total. The third-order valence-corrected chi connectivity index (χ3v) is 5.74. The highest BCUT2D eigenvalue weighted by Crippen LogP contribution is 2.33. The number of amides is 1. The highest BCUT2D eigenvalue weighted by molar-refractivity contribution is 8.26. The predicted molar refractivity (Wildman–Crippen MR) is 113 cm³/mol. The first-order valence-electron chi connectivity index (χ1n) is 8.59. The van der Waals surface area contributed by atoms with Crippen LogP contribution in [0.15, 0.2) is 53.4 Å². The lowest BCUT2D eigenvalue weighted by atomic mass is 10.2. The van der Waals surface area contributed by atoms with Crippen molar-refractivity contribution in [1.82, 2.24) is 14.5 Å². The predicted octanol–water partition coefficient (Wildman–Crippen LogP) is 3.51. The molecule has 1 aromatic heterocycles. The van der Waals surface area contributed by atoms with E-state index < -0.39 is 18.4 Å². The van der Waals surface area contributed by atoms with Crippen LogP contribution in [0.25, 0.3) is 17.1 Å². The second kappa shape index (κ2) is 7.76. The number of hydrogen-bond acceptors (Lipinski definition) is 5. The fourth-order valence-electron chi connectivity index (χ4n) is 3.03. The summed E-state index contributed by atoms with van der Waals surface area (Å²) in [5.74, 6) is -1.37. The third kappa shape index (κ3) is 3.92. The number of benzene rings is 2. The summed E-state index contributed by atoms with van der Waals surface area (Å²) < 4.78 is 15.4. The van der Waals surface area contributed by atoms with Gasteiger partial charge < -0.3 is 9.67 Å². The van der Waals surface area contributed by atoms with Gasteiger partial charge in [-0.1, -0.05) is 48.2 Å². The van der Waals surface area contributed by atoms with Crippen molar-refractivity contribution in [1.29, 1.82) is 0 Å². The fraction of sp³-hybridized carbons (Fsp3) is 0.100. The Labute approximate surface area is 174 Å². The molecule has 1 aliphatic heterocycles. The molecule has 0 saturated carbocycles. The Hall–Kier alpha value is -3.04. The lowest BCUT2D eigenvalue weighted by Gasteiger charge is -2.10. The molecule has 1 saturated heterocycles. The van der Waals surface area contributed by atoms with Gasteiger partial charge in [0.15, 0.2) is 0 Å². The van der Waals surface area contributed by atoms with Crippen molar-refractivity contribution in [2.45, 2.75) is 6.54 Å². The average Bonchev–Trinajstić information content (AvgIpc) is 3.16. The summed E-state index contributed by atoms with van der Waals surface area (Å²) in [6.45, 7) is -0.0456. The van der Waals surface area contributed by atoms with E-state index in [-0.39, 0.29) is 10.1 Å². The summed E-state index contributed by atoms with van der Waals surface area (Å²) in [4.78, 5) is 29.5. The number of imidazole rings is 1. The number of aliphatic carboxylic acids is 1. The van der Waals surface area contributed by atoms with Gasteiger partial charge >= 0.3 is 5.97 Å². The lowest BCUT2D eigenvalue weighted by molar-refractivity contribution is -0.140. The highest BCUT2D eigenvalue weighted by Gasteiger charge is 2.33. The first-order valence-corrected chi connectivity index (χ1v) is 9.82. The lowest BCUT2D eigenvalue weighted by Crippen LogP contribution is -2.33. The van der Waals surface area contributed by atoms with Gasteiger partial charge in [-0.2, -0.15) is 0 Å². The maximum atomic E-state index is 13.2. The number of aromatic nitrogens is 2. The van der Waals surface area contributed by atoms with E-state index >= 15 is 0 Å². The van der Waals surface area contributed by atoms with Crippen molar-refractivity contribution < 1.29 is 19.1 Å². The molecule has 0 spiro atoms. The number of thioether (sulfide) groups is 1. The minimum absolute atomic E-state index is 0.199. The van der Waals surface area contributed by atoms with Crippen molar-refractivity contribution in [3.05, 3.63) is 70.6 Å². The molecular formula is C20H14FN3O3S2. The quantitative estimate of drug-likeness (QED) is 0.496. The van der Waals surface area contributed by atoms with Gasteiger partial charge in [-0.3, -0.25) is 14.5 Å².